The van der Waals surface area contributed by atoms with Gasteiger partial charge in [0, 0.05) is 5.33 Å². The van der Waals surface area contributed by atoms with E-state index in [2.05, 4.69) is 22.0 Å². The van der Waals surface area contributed by atoms with Crippen LogP contribution in [0.5, 0.6) is 0 Å². The second kappa shape index (κ2) is 2.51. The first-order valence-electron chi connectivity index (χ1n) is 2.67. The summed E-state index contributed by atoms with van der Waals surface area (Å²) < 4.78 is 0. The van der Waals surface area contributed by atoms with Crippen LogP contribution in [0.15, 0.2) is 11.6 Å². The minimum Gasteiger partial charge on any atom is -0.0880 e. The van der Waals surface area contributed by atoms with Gasteiger partial charge in [0.15, 0.2) is 0 Å². The van der Waals surface area contributed by atoms with Crippen molar-refractivity contribution in [1.82, 2.24) is 0 Å². The van der Waals surface area contributed by atoms with Crippen molar-refractivity contribution in [3.8, 4) is 0 Å². The van der Waals surface area contributed by atoms with Crippen molar-refractivity contribution in [2.45, 2.75) is 19.3 Å². The fourth-order valence-electron chi connectivity index (χ4n) is 0.859. The maximum absolute atomic E-state index is 3.41. The molecule has 1 aliphatic carbocycles. The molecule has 0 atom stereocenters. The first kappa shape index (κ1) is 5.36. The number of halogens is 1. The van der Waals surface area contributed by atoms with E-state index in [-0.39, 0.29) is 0 Å². The summed E-state index contributed by atoms with van der Waals surface area (Å²) in [7, 11) is 0. The number of alkyl halides is 1. The first-order chi connectivity index (χ1) is 3.43. The van der Waals surface area contributed by atoms with Crippen LogP contribution in [0, 0.1) is 0 Å². The molecule has 7 heavy (non-hydrogen) atoms. The Morgan fingerprint density at radius 1 is 1.71 bits per heavy atom. The van der Waals surface area contributed by atoms with E-state index in [4.69, 9.17) is 0 Å². The minimum atomic E-state index is 1.09. The molecule has 0 saturated heterocycles. The van der Waals surface area contributed by atoms with Crippen LogP contribution in [0.3, 0.4) is 0 Å². The molecule has 0 radical (unpaired) electrons. The van der Waals surface area contributed by atoms with E-state index in [9.17, 15) is 0 Å². The Morgan fingerprint density at radius 3 is 2.86 bits per heavy atom. The van der Waals surface area contributed by atoms with E-state index in [0.717, 1.165) is 5.33 Å². The highest BCUT2D eigenvalue weighted by Gasteiger charge is 1.99. The second-order valence-corrected chi connectivity index (χ2v) is 2.45. The molecule has 0 nitrogen and oxygen atoms in total. The number of rotatable bonds is 1. The average Bonchev–Trinajstić information content (AvgIpc) is 2.14. The van der Waals surface area contributed by atoms with Gasteiger partial charge in [0.05, 0.1) is 0 Å². The summed E-state index contributed by atoms with van der Waals surface area (Å²) in [6.45, 7) is 0. The molecule has 0 unspecified atom stereocenters. The van der Waals surface area contributed by atoms with Gasteiger partial charge in [-0.1, -0.05) is 27.6 Å². The van der Waals surface area contributed by atoms with E-state index in [1.54, 1.807) is 5.57 Å². The predicted octanol–water partition coefficient (Wildman–Crippen LogP) is 2.49. The quantitative estimate of drug-likeness (QED) is 0.409. The van der Waals surface area contributed by atoms with Crippen molar-refractivity contribution < 1.29 is 0 Å². The molecule has 0 amide bonds. The predicted molar refractivity (Wildman–Crippen MR) is 35.7 cm³/mol. The zero-order valence-electron chi connectivity index (χ0n) is 4.28. The number of hydrogen-bond acceptors (Lipinski definition) is 0. The Labute approximate surface area is 52.7 Å². The van der Waals surface area contributed by atoms with Crippen LogP contribution in [0.1, 0.15) is 19.3 Å². The van der Waals surface area contributed by atoms with Crippen molar-refractivity contribution in [3.05, 3.63) is 11.6 Å². The standard InChI is InChI=1S/C6H9Br/c7-5-6-3-1-2-4-6/h3H,1-2,4-5H2. The lowest BCUT2D eigenvalue weighted by Gasteiger charge is -1.87. The minimum absolute atomic E-state index is 1.09. The molecule has 0 bridgehead atoms. The van der Waals surface area contributed by atoms with E-state index >= 15 is 0 Å². The summed E-state index contributed by atoms with van der Waals surface area (Å²) in [5.74, 6) is 0. The smallest absolute Gasteiger partial charge is 0.0241 e. The Morgan fingerprint density at radius 2 is 2.57 bits per heavy atom. The fraction of sp³-hybridized carbons (Fsp3) is 0.667. The van der Waals surface area contributed by atoms with E-state index in [1.165, 1.54) is 19.3 Å². The molecule has 0 heterocycles. The maximum atomic E-state index is 3.41. The fourth-order valence-corrected chi connectivity index (χ4v) is 1.37. The van der Waals surface area contributed by atoms with Gasteiger partial charge in [-0.05, 0) is 19.3 Å². The lowest BCUT2D eigenvalue weighted by Crippen LogP contribution is -1.73. The van der Waals surface area contributed by atoms with Crippen molar-refractivity contribution in [2.75, 3.05) is 5.33 Å². The monoisotopic (exact) mass is 160 g/mol. The van der Waals surface area contributed by atoms with Crippen molar-refractivity contribution in [2.24, 2.45) is 0 Å². The van der Waals surface area contributed by atoms with Crippen LogP contribution >= 0.6 is 15.9 Å². The summed E-state index contributed by atoms with van der Waals surface area (Å²) in [6, 6.07) is 0. The number of hydrogen-bond donors (Lipinski definition) is 0. The van der Waals surface area contributed by atoms with Gasteiger partial charge in [0.25, 0.3) is 0 Å². The van der Waals surface area contributed by atoms with Crippen LogP contribution in [0.25, 0.3) is 0 Å². The molecule has 0 saturated carbocycles. The first-order valence-corrected chi connectivity index (χ1v) is 3.79. The summed E-state index contributed by atoms with van der Waals surface area (Å²) >= 11 is 3.41. The lowest BCUT2D eigenvalue weighted by atomic mass is 10.3. The molecule has 0 aromatic heterocycles. The summed E-state index contributed by atoms with van der Waals surface area (Å²) in [5, 5.41) is 1.09. The van der Waals surface area contributed by atoms with Crippen LogP contribution < -0.4 is 0 Å². The van der Waals surface area contributed by atoms with Crippen LogP contribution in [-0.2, 0) is 0 Å². The molecule has 0 aromatic carbocycles. The molecule has 1 heteroatoms. The molecule has 0 N–H and O–H groups in total. The molecular formula is C6H9Br. The van der Waals surface area contributed by atoms with Gasteiger partial charge in [-0.2, -0.15) is 0 Å². The Hall–Kier alpha value is 0.220. The van der Waals surface area contributed by atoms with Crippen molar-refractivity contribution in [3.63, 3.8) is 0 Å². The van der Waals surface area contributed by atoms with Gasteiger partial charge >= 0.3 is 0 Å². The van der Waals surface area contributed by atoms with Gasteiger partial charge in [-0.15, -0.1) is 0 Å². The van der Waals surface area contributed by atoms with Crippen molar-refractivity contribution >= 4 is 15.9 Å². The molecule has 1 rings (SSSR count). The molecule has 0 fully saturated rings. The summed E-state index contributed by atoms with van der Waals surface area (Å²) in [6.07, 6.45) is 6.34. The topological polar surface area (TPSA) is 0 Å². The van der Waals surface area contributed by atoms with E-state index in [0.29, 0.717) is 0 Å². The Balaban J connectivity index is 2.36. The average molecular weight is 161 g/mol. The third-order valence-corrected chi connectivity index (χ3v) is 2.03. The van der Waals surface area contributed by atoms with E-state index in [1.807, 2.05) is 0 Å². The SMILES string of the molecule is BrCC1=CCCC1. The van der Waals surface area contributed by atoms with Gasteiger partial charge < -0.3 is 0 Å². The Kier molecular flexibility index (Phi) is 1.92. The summed E-state index contributed by atoms with van der Waals surface area (Å²) in [4.78, 5) is 0. The lowest BCUT2D eigenvalue weighted by molar-refractivity contribution is 0.909. The van der Waals surface area contributed by atoms with Crippen molar-refractivity contribution in [1.29, 1.82) is 0 Å². The highest BCUT2D eigenvalue weighted by Crippen LogP contribution is 2.18. The molecular weight excluding hydrogens is 152 g/mol. The van der Waals surface area contributed by atoms with Crippen LogP contribution in [-0.4, -0.2) is 5.33 Å². The van der Waals surface area contributed by atoms with Gasteiger partial charge in [0.2, 0.25) is 0 Å². The zero-order chi connectivity index (χ0) is 5.11. The van der Waals surface area contributed by atoms with Gasteiger partial charge in [0.1, 0.15) is 0 Å². The molecule has 1 aliphatic rings. The summed E-state index contributed by atoms with van der Waals surface area (Å²) in [5.41, 5.74) is 1.58. The largest absolute Gasteiger partial charge is 0.0880 e. The molecule has 0 aliphatic heterocycles. The third kappa shape index (κ3) is 1.30. The molecule has 0 spiro atoms. The van der Waals surface area contributed by atoms with Gasteiger partial charge in [-0.25, -0.2) is 0 Å². The Bertz CT molecular complexity index is 84.2. The van der Waals surface area contributed by atoms with Crippen LogP contribution in [0.2, 0.25) is 0 Å². The maximum Gasteiger partial charge on any atom is 0.0241 e. The molecule has 0 aromatic rings. The van der Waals surface area contributed by atoms with E-state index < -0.39 is 0 Å². The van der Waals surface area contributed by atoms with Crippen LogP contribution in [0.4, 0.5) is 0 Å². The molecule has 40 valence electrons. The normalized spacial score (nSPS) is 19.9. The number of allylic oxidation sites excluding steroid dienone is 2. The third-order valence-electron chi connectivity index (χ3n) is 1.31. The second-order valence-electron chi connectivity index (χ2n) is 1.89. The zero-order valence-corrected chi connectivity index (χ0v) is 5.87. The van der Waals surface area contributed by atoms with Gasteiger partial charge in [-0.3, -0.25) is 0 Å². The highest BCUT2D eigenvalue weighted by atomic mass is 79.9. The highest BCUT2D eigenvalue weighted by molar-refractivity contribution is 9.09.